The number of hydrogen-bond donors (Lipinski definition) is 1. The van der Waals surface area contributed by atoms with E-state index in [9.17, 15) is 9.18 Å². The average molecular weight is 258 g/mol. The molecule has 1 aliphatic carbocycles. The van der Waals surface area contributed by atoms with E-state index in [1.165, 1.54) is 0 Å². The fraction of sp³-hybridized carbons (Fsp3) is 0.923. The Morgan fingerprint density at radius 2 is 2.00 bits per heavy atom. The van der Waals surface area contributed by atoms with E-state index < -0.39 is 11.8 Å². The highest BCUT2D eigenvalue weighted by atomic mass is 19.1. The van der Waals surface area contributed by atoms with Gasteiger partial charge in [0, 0.05) is 18.6 Å². The predicted molar refractivity (Wildman–Crippen MR) is 67.3 cm³/mol. The molecule has 1 saturated carbocycles. The lowest BCUT2D eigenvalue weighted by atomic mass is 9.88. The molecule has 0 radical (unpaired) electrons. The Hall–Kier alpha value is -0.840. The van der Waals surface area contributed by atoms with Crippen LogP contribution in [0.1, 0.15) is 40.0 Å². The maximum absolute atomic E-state index is 13.0. The maximum atomic E-state index is 13.0. The summed E-state index contributed by atoms with van der Waals surface area (Å²) in [5, 5.41) is 3.24. The number of halogens is 1. The van der Waals surface area contributed by atoms with E-state index in [1.54, 1.807) is 4.90 Å². The minimum atomic E-state index is -0.755. The molecule has 0 aromatic carbocycles. The van der Waals surface area contributed by atoms with E-state index in [2.05, 4.69) is 5.32 Å². The molecule has 0 bridgehead atoms. The highest BCUT2D eigenvalue weighted by Gasteiger charge is 2.42. The molecule has 5 heteroatoms. The van der Waals surface area contributed by atoms with Gasteiger partial charge in [0.1, 0.15) is 11.8 Å². The van der Waals surface area contributed by atoms with Gasteiger partial charge in [0.2, 0.25) is 0 Å². The molecule has 1 aliphatic heterocycles. The van der Waals surface area contributed by atoms with Crippen molar-refractivity contribution in [2.45, 2.75) is 63.9 Å². The smallest absolute Gasteiger partial charge is 0.410 e. The van der Waals surface area contributed by atoms with E-state index in [-0.39, 0.29) is 18.2 Å². The Kier molecular flexibility index (Phi) is 3.80. The van der Waals surface area contributed by atoms with Crippen molar-refractivity contribution in [1.29, 1.82) is 0 Å². The second kappa shape index (κ2) is 5.03. The van der Waals surface area contributed by atoms with Crippen LogP contribution in [0.15, 0.2) is 0 Å². The highest BCUT2D eigenvalue weighted by Crippen LogP contribution is 2.32. The molecule has 1 atom stereocenters. The van der Waals surface area contributed by atoms with Gasteiger partial charge < -0.3 is 15.0 Å². The van der Waals surface area contributed by atoms with Crippen molar-refractivity contribution in [2.75, 3.05) is 13.1 Å². The average Bonchev–Trinajstić information content (AvgIpc) is 2.65. The van der Waals surface area contributed by atoms with Crippen molar-refractivity contribution >= 4 is 6.09 Å². The monoisotopic (exact) mass is 258 g/mol. The molecule has 4 nitrogen and oxygen atoms in total. The van der Waals surface area contributed by atoms with Gasteiger partial charge in [0.25, 0.3) is 0 Å². The third-order valence-corrected chi connectivity index (χ3v) is 3.48. The van der Waals surface area contributed by atoms with Crippen LogP contribution in [0.4, 0.5) is 9.18 Å². The summed E-state index contributed by atoms with van der Waals surface area (Å²) in [5.41, 5.74) is -0.500. The van der Waals surface area contributed by atoms with Crippen molar-refractivity contribution in [3.8, 4) is 0 Å². The number of hydrogen-bond acceptors (Lipinski definition) is 3. The van der Waals surface area contributed by atoms with Gasteiger partial charge in [0.15, 0.2) is 0 Å². The first-order chi connectivity index (χ1) is 8.37. The summed E-state index contributed by atoms with van der Waals surface area (Å²) < 4.78 is 18.5. The van der Waals surface area contributed by atoms with E-state index >= 15 is 0 Å². The van der Waals surface area contributed by atoms with E-state index in [0.29, 0.717) is 12.8 Å². The van der Waals surface area contributed by atoms with E-state index in [4.69, 9.17) is 4.74 Å². The first-order valence-corrected chi connectivity index (χ1v) is 6.73. The van der Waals surface area contributed by atoms with Crippen molar-refractivity contribution < 1.29 is 13.9 Å². The minimum absolute atomic E-state index is 0.0137. The van der Waals surface area contributed by atoms with Crippen LogP contribution < -0.4 is 5.32 Å². The molecule has 1 saturated heterocycles. The Morgan fingerprint density at radius 3 is 2.44 bits per heavy atom. The van der Waals surface area contributed by atoms with Crippen molar-refractivity contribution in [2.24, 2.45) is 0 Å². The fourth-order valence-corrected chi connectivity index (χ4v) is 2.54. The quantitative estimate of drug-likeness (QED) is 0.824. The van der Waals surface area contributed by atoms with Crippen LogP contribution in [0.3, 0.4) is 0 Å². The number of rotatable bonds is 2. The van der Waals surface area contributed by atoms with Gasteiger partial charge in [-0.05, 0) is 46.6 Å². The standard InChI is InChI=1S/C13H23FN2O2/c1-13(2,3)18-12(17)16(10-4-5-15-8-10)11-6-9(14)7-11/h9-11,15H,4-8H2,1-3H3/t9?,10-,11?/m1/s1. The van der Waals surface area contributed by atoms with Crippen LogP contribution in [0, 0.1) is 0 Å². The number of carbonyl (C=O) groups excluding carboxylic acids is 1. The van der Waals surface area contributed by atoms with Crippen molar-refractivity contribution in [3.63, 3.8) is 0 Å². The zero-order valence-electron chi connectivity index (χ0n) is 11.4. The van der Waals surface area contributed by atoms with Crippen LogP contribution in [0.5, 0.6) is 0 Å². The molecule has 18 heavy (non-hydrogen) atoms. The summed E-state index contributed by atoms with van der Waals surface area (Å²) in [6, 6.07) is 0.164. The number of ether oxygens (including phenoxy) is 1. The molecule has 2 fully saturated rings. The highest BCUT2D eigenvalue weighted by molar-refractivity contribution is 5.69. The SMILES string of the molecule is CC(C)(C)OC(=O)N(C1CC(F)C1)[C@@H]1CCNC1. The van der Waals surface area contributed by atoms with Crippen LogP contribution in [-0.4, -0.2) is 47.9 Å². The lowest BCUT2D eigenvalue weighted by Crippen LogP contribution is -2.55. The lowest BCUT2D eigenvalue weighted by Gasteiger charge is -2.42. The number of carbonyl (C=O) groups is 1. The second-order valence-electron chi connectivity index (χ2n) is 6.26. The first kappa shape index (κ1) is 13.6. The van der Waals surface area contributed by atoms with E-state index in [0.717, 1.165) is 19.5 Å². The van der Waals surface area contributed by atoms with Gasteiger partial charge in [-0.2, -0.15) is 0 Å². The molecule has 0 unspecified atom stereocenters. The fourth-order valence-electron chi connectivity index (χ4n) is 2.54. The number of nitrogens with zero attached hydrogens (tertiary/aromatic N) is 1. The third kappa shape index (κ3) is 3.13. The number of amides is 1. The molecule has 0 aromatic heterocycles. The molecule has 1 amide bonds. The Labute approximate surface area is 108 Å². The van der Waals surface area contributed by atoms with Crippen LogP contribution in [-0.2, 0) is 4.74 Å². The topological polar surface area (TPSA) is 41.6 Å². The zero-order valence-corrected chi connectivity index (χ0v) is 11.4. The van der Waals surface area contributed by atoms with Gasteiger partial charge in [-0.25, -0.2) is 9.18 Å². The summed E-state index contributed by atoms with van der Waals surface area (Å²) >= 11 is 0. The molecule has 1 N–H and O–H groups in total. The molecule has 2 rings (SSSR count). The largest absolute Gasteiger partial charge is 0.444 e. The summed E-state index contributed by atoms with van der Waals surface area (Å²) in [7, 11) is 0. The lowest BCUT2D eigenvalue weighted by molar-refractivity contribution is -0.0180. The third-order valence-electron chi connectivity index (χ3n) is 3.48. The Morgan fingerprint density at radius 1 is 1.33 bits per heavy atom. The van der Waals surface area contributed by atoms with E-state index in [1.807, 2.05) is 20.8 Å². The van der Waals surface area contributed by atoms with Crippen LogP contribution in [0.25, 0.3) is 0 Å². The van der Waals surface area contributed by atoms with Gasteiger partial charge in [-0.1, -0.05) is 0 Å². The van der Waals surface area contributed by atoms with Crippen molar-refractivity contribution in [3.05, 3.63) is 0 Å². The van der Waals surface area contributed by atoms with Crippen LogP contribution >= 0.6 is 0 Å². The number of nitrogens with one attached hydrogen (secondary N) is 1. The molecular formula is C13H23FN2O2. The summed E-state index contributed by atoms with van der Waals surface area (Å²) in [5.74, 6) is 0. The Balaban J connectivity index is 2.01. The van der Waals surface area contributed by atoms with Gasteiger partial charge in [-0.15, -0.1) is 0 Å². The molecule has 104 valence electrons. The van der Waals surface area contributed by atoms with Gasteiger partial charge in [-0.3, -0.25) is 0 Å². The number of alkyl halides is 1. The zero-order chi connectivity index (χ0) is 13.3. The Bertz CT molecular complexity index is 305. The van der Waals surface area contributed by atoms with Crippen LogP contribution in [0.2, 0.25) is 0 Å². The maximum Gasteiger partial charge on any atom is 0.410 e. The summed E-state index contributed by atoms with van der Waals surface area (Å²) in [6.45, 7) is 7.26. The molecular weight excluding hydrogens is 235 g/mol. The normalized spacial score (nSPS) is 31.9. The summed E-state index contributed by atoms with van der Waals surface area (Å²) in [4.78, 5) is 14.0. The molecule has 0 aromatic rings. The molecule has 1 heterocycles. The first-order valence-electron chi connectivity index (χ1n) is 6.73. The summed E-state index contributed by atoms with van der Waals surface area (Å²) in [6.07, 6.45) is 0.778. The second-order valence-corrected chi connectivity index (χ2v) is 6.26. The molecule has 2 aliphatic rings. The van der Waals surface area contributed by atoms with Gasteiger partial charge >= 0.3 is 6.09 Å². The minimum Gasteiger partial charge on any atom is -0.444 e. The van der Waals surface area contributed by atoms with Gasteiger partial charge in [0.05, 0.1) is 0 Å². The molecule has 0 spiro atoms. The predicted octanol–water partition coefficient (Wildman–Crippen LogP) is 2.09. The van der Waals surface area contributed by atoms with Crippen molar-refractivity contribution in [1.82, 2.24) is 10.2 Å².